The third-order valence-electron chi connectivity index (χ3n) is 3.30. The van der Waals surface area contributed by atoms with Crippen LogP contribution in [-0.2, 0) is 4.79 Å². The fourth-order valence-corrected chi connectivity index (χ4v) is 2.48. The fraction of sp³-hybridized carbons (Fsp3) is 0.0625. The van der Waals surface area contributed by atoms with Crippen LogP contribution < -0.4 is 4.90 Å². The number of carbonyl (C=O) groups excluding carboxylic acids is 1. The molecule has 0 aliphatic carbocycles. The first-order valence-corrected chi connectivity index (χ1v) is 6.44. The van der Waals surface area contributed by atoms with Gasteiger partial charge in [0.1, 0.15) is 0 Å². The Balaban J connectivity index is 2.05. The van der Waals surface area contributed by atoms with E-state index in [4.69, 9.17) is 11.6 Å². The molecule has 3 heteroatoms. The van der Waals surface area contributed by atoms with Gasteiger partial charge in [0.15, 0.2) is 0 Å². The zero-order chi connectivity index (χ0) is 13.2. The van der Waals surface area contributed by atoms with Gasteiger partial charge in [-0.1, -0.05) is 54.1 Å². The molecule has 0 saturated heterocycles. The molecule has 1 amide bonds. The Morgan fingerprint density at radius 2 is 1.79 bits per heavy atom. The van der Waals surface area contributed by atoms with E-state index in [1.54, 1.807) is 4.90 Å². The smallest absolute Gasteiger partial charge is 0.214 e. The lowest BCUT2D eigenvalue weighted by Crippen LogP contribution is -2.28. The van der Waals surface area contributed by atoms with Gasteiger partial charge in [0.05, 0.1) is 11.7 Å². The standard InChI is InChI=1S/C16H12ClNO/c17-14-8-5-13(6-9-14)16-10-7-12-3-1-2-4-15(12)18(16)11-19/h1-11,16H. The zero-order valence-corrected chi connectivity index (χ0v) is 10.9. The molecule has 1 aliphatic rings. The lowest BCUT2D eigenvalue weighted by Gasteiger charge is -2.31. The molecular formula is C16H12ClNO. The van der Waals surface area contributed by atoms with E-state index in [0.29, 0.717) is 5.02 Å². The van der Waals surface area contributed by atoms with E-state index in [0.717, 1.165) is 23.2 Å². The van der Waals surface area contributed by atoms with Crippen LogP contribution in [0.4, 0.5) is 5.69 Å². The second-order valence-electron chi connectivity index (χ2n) is 4.43. The summed E-state index contributed by atoms with van der Waals surface area (Å²) in [6.07, 6.45) is 4.95. The highest BCUT2D eigenvalue weighted by Crippen LogP contribution is 2.35. The quantitative estimate of drug-likeness (QED) is 0.753. The van der Waals surface area contributed by atoms with Gasteiger partial charge in [-0.2, -0.15) is 0 Å². The van der Waals surface area contributed by atoms with Crippen LogP contribution >= 0.6 is 11.6 Å². The highest BCUT2D eigenvalue weighted by Gasteiger charge is 2.22. The summed E-state index contributed by atoms with van der Waals surface area (Å²) in [4.78, 5) is 13.2. The van der Waals surface area contributed by atoms with Gasteiger partial charge in [-0.15, -0.1) is 0 Å². The number of carbonyl (C=O) groups is 1. The number of rotatable bonds is 2. The maximum absolute atomic E-state index is 11.4. The molecule has 1 unspecified atom stereocenters. The van der Waals surface area contributed by atoms with E-state index in [9.17, 15) is 4.79 Å². The van der Waals surface area contributed by atoms with Crippen LogP contribution in [0.25, 0.3) is 6.08 Å². The molecule has 1 aliphatic heterocycles. The van der Waals surface area contributed by atoms with Crippen molar-refractivity contribution in [2.24, 2.45) is 0 Å². The number of fused-ring (bicyclic) bond motifs is 1. The Morgan fingerprint density at radius 3 is 2.53 bits per heavy atom. The molecule has 1 heterocycles. The molecule has 0 fully saturated rings. The summed E-state index contributed by atoms with van der Waals surface area (Å²) in [6, 6.07) is 15.4. The molecule has 19 heavy (non-hydrogen) atoms. The molecule has 2 aromatic rings. The molecule has 0 radical (unpaired) electrons. The van der Waals surface area contributed by atoms with E-state index in [1.807, 2.05) is 54.6 Å². The topological polar surface area (TPSA) is 20.3 Å². The van der Waals surface area contributed by atoms with Crippen molar-refractivity contribution in [2.75, 3.05) is 4.90 Å². The van der Waals surface area contributed by atoms with Crippen molar-refractivity contribution in [3.63, 3.8) is 0 Å². The number of halogens is 1. The van der Waals surface area contributed by atoms with Gasteiger partial charge < -0.3 is 4.90 Å². The van der Waals surface area contributed by atoms with Crippen LogP contribution in [0.1, 0.15) is 17.2 Å². The Hall–Kier alpha value is -2.06. The van der Waals surface area contributed by atoms with Crippen molar-refractivity contribution < 1.29 is 4.79 Å². The molecular weight excluding hydrogens is 258 g/mol. The summed E-state index contributed by atoms with van der Waals surface area (Å²) >= 11 is 5.90. The van der Waals surface area contributed by atoms with Gasteiger partial charge in [-0.3, -0.25) is 4.79 Å². The summed E-state index contributed by atoms with van der Waals surface area (Å²) < 4.78 is 0. The van der Waals surface area contributed by atoms with Crippen LogP contribution in [0.15, 0.2) is 54.6 Å². The van der Waals surface area contributed by atoms with Crippen LogP contribution in [0.3, 0.4) is 0 Å². The fourth-order valence-electron chi connectivity index (χ4n) is 2.36. The Morgan fingerprint density at radius 1 is 1.05 bits per heavy atom. The molecule has 0 bridgehead atoms. The summed E-state index contributed by atoms with van der Waals surface area (Å²) in [5.74, 6) is 0. The number of amides is 1. The minimum Gasteiger partial charge on any atom is -0.303 e. The highest BCUT2D eigenvalue weighted by atomic mass is 35.5. The van der Waals surface area contributed by atoms with Gasteiger partial charge in [-0.05, 0) is 29.3 Å². The van der Waals surface area contributed by atoms with Crippen LogP contribution in [0, 0.1) is 0 Å². The van der Waals surface area contributed by atoms with E-state index < -0.39 is 0 Å². The normalized spacial score (nSPS) is 17.1. The summed E-state index contributed by atoms with van der Waals surface area (Å²) in [5.41, 5.74) is 3.03. The van der Waals surface area contributed by atoms with Gasteiger partial charge in [-0.25, -0.2) is 0 Å². The van der Waals surface area contributed by atoms with Gasteiger partial charge in [0.2, 0.25) is 6.41 Å². The van der Waals surface area contributed by atoms with E-state index in [-0.39, 0.29) is 6.04 Å². The largest absolute Gasteiger partial charge is 0.303 e. The predicted octanol–water partition coefficient (Wildman–Crippen LogP) is 4.07. The summed E-state index contributed by atoms with van der Waals surface area (Å²) in [7, 11) is 0. The minimum absolute atomic E-state index is 0.0790. The molecule has 0 saturated carbocycles. The maximum atomic E-state index is 11.4. The first-order valence-electron chi connectivity index (χ1n) is 6.06. The van der Waals surface area contributed by atoms with Gasteiger partial charge in [0.25, 0.3) is 0 Å². The van der Waals surface area contributed by atoms with Crippen LogP contribution in [0.5, 0.6) is 0 Å². The highest BCUT2D eigenvalue weighted by molar-refractivity contribution is 6.30. The number of hydrogen-bond acceptors (Lipinski definition) is 1. The average molecular weight is 270 g/mol. The number of anilines is 1. The molecule has 94 valence electrons. The minimum atomic E-state index is -0.0790. The van der Waals surface area contributed by atoms with Crippen LogP contribution in [-0.4, -0.2) is 6.41 Å². The zero-order valence-electron chi connectivity index (χ0n) is 10.2. The Labute approximate surface area is 116 Å². The monoisotopic (exact) mass is 269 g/mol. The average Bonchev–Trinajstić information content (AvgIpc) is 2.47. The number of benzene rings is 2. The second-order valence-corrected chi connectivity index (χ2v) is 4.86. The molecule has 2 aromatic carbocycles. The first-order chi connectivity index (χ1) is 9.29. The molecule has 2 nitrogen and oxygen atoms in total. The lowest BCUT2D eigenvalue weighted by molar-refractivity contribution is -0.107. The SMILES string of the molecule is O=CN1c2ccccc2C=CC1c1ccc(Cl)cc1. The molecule has 0 aromatic heterocycles. The summed E-state index contributed by atoms with van der Waals surface area (Å²) in [6.45, 7) is 0. The molecule has 0 N–H and O–H groups in total. The third-order valence-corrected chi connectivity index (χ3v) is 3.55. The number of nitrogens with zero attached hydrogens (tertiary/aromatic N) is 1. The maximum Gasteiger partial charge on any atom is 0.214 e. The van der Waals surface area contributed by atoms with Crippen molar-refractivity contribution in [2.45, 2.75) is 6.04 Å². The van der Waals surface area contributed by atoms with E-state index in [2.05, 4.69) is 6.08 Å². The number of hydrogen-bond donors (Lipinski definition) is 0. The van der Waals surface area contributed by atoms with E-state index in [1.165, 1.54) is 0 Å². The van der Waals surface area contributed by atoms with Crippen molar-refractivity contribution in [1.82, 2.24) is 0 Å². The van der Waals surface area contributed by atoms with E-state index >= 15 is 0 Å². The summed E-state index contributed by atoms with van der Waals surface area (Å²) in [5, 5.41) is 0.696. The molecule has 0 spiro atoms. The van der Waals surface area contributed by atoms with Gasteiger partial charge in [0, 0.05) is 5.02 Å². The van der Waals surface area contributed by atoms with Gasteiger partial charge >= 0.3 is 0 Å². The first kappa shape index (κ1) is 12.0. The lowest BCUT2D eigenvalue weighted by atomic mass is 9.98. The van der Waals surface area contributed by atoms with Crippen molar-refractivity contribution in [3.8, 4) is 0 Å². The predicted molar refractivity (Wildman–Crippen MR) is 78.2 cm³/mol. The Kier molecular flexibility index (Phi) is 3.10. The molecule has 3 rings (SSSR count). The third kappa shape index (κ3) is 2.15. The van der Waals surface area contributed by atoms with Crippen molar-refractivity contribution >= 4 is 29.8 Å². The second kappa shape index (κ2) is 4.90. The van der Waals surface area contributed by atoms with Crippen molar-refractivity contribution in [3.05, 3.63) is 70.8 Å². The molecule has 1 atom stereocenters. The Bertz CT molecular complexity index is 633. The van der Waals surface area contributed by atoms with Crippen molar-refractivity contribution in [1.29, 1.82) is 0 Å². The number of para-hydroxylation sites is 1. The van der Waals surface area contributed by atoms with Crippen LogP contribution in [0.2, 0.25) is 5.02 Å².